The summed E-state index contributed by atoms with van der Waals surface area (Å²) in [6.45, 7) is 7.24. The van der Waals surface area contributed by atoms with E-state index in [1.54, 1.807) is 0 Å². The van der Waals surface area contributed by atoms with Crippen molar-refractivity contribution in [3.63, 3.8) is 0 Å². The van der Waals surface area contributed by atoms with Gasteiger partial charge >= 0.3 is 0 Å². The normalized spacial score (nSPS) is 10.4. The van der Waals surface area contributed by atoms with Crippen LogP contribution in [0.3, 0.4) is 0 Å². The Morgan fingerprint density at radius 3 is 1.12 bits per heavy atom. The van der Waals surface area contributed by atoms with Crippen LogP contribution < -0.4 is 5.32 Å². The molecule has 7 heteroatoms. The average molecular weight is 231 g/mol. The fourth-order valence-corrected chi connectivity index (χ4v) is 1.44. The number of aromatic nitrogens is 6. The van der Waals surface area contributed by atoms with Gasteiger partial charge in [-0.05, 0) is 27.7 Å². The van der Waals surface area contributed by atoms with E-state index in [-0.39, 0.29) is 0 Å². The molecule has 88 valence electrons. The Morgan fingerprint density at radius 1 is 0.529 bits per heavy atom. The van der Waals surface area contributed by atoms with E-state index < -0.39 is 0 Å². The lowest BCUT2D eigenvalue weighted by Gasteiger charge is -2.05. The van der Waals surface area contributed by atoms with Crippen molar-refractivity contribution in [2.75, 3.05) is 5.32 Å². The standard InChI is InChI=1S/C10H13N7/c1-5-11-6(2)14-9(13-5)17-10-15-7(3)12-8(4)16-10/h1-4H3,(H,11,12,13,14,15,16,17). The SMILES string of the molecule is Cc1nc(C)nc(Nc2nc(C)nc(C)n2)n1. The molecule has 0 aliphatic rings. The molecule has 0 fully saturated rings. The first-order valence-electron chi connectivity index (χ1n) is 5.18. The molecule has 0 radical (unpaired) electrons. The van der Waals surface area contributed by atoms with Crippen molar-refractivity contribution < 1.29 is 0 Å². The molecule has 0 amide bonds. The van der Waals surface area contributed by atoms with Gasteiger partial charge in [-0.2, -0.15) is 19.9 Å². The maximum atomic E-state index is 4.15. The van der Waals surface area contributed by atoms with Crippen molar-refractivity contribution in [3.05, 3.63) is 23.3 Å². The third-order valence-electron chi connectivity index (χ3n) is 1.94. The van der Waals surface area contributed by atoms with Gasteiger partial charge in [0, 0.05) is 0 Å². The topological polar surface area (TPSA) is 89.4 Å². The van der Waals surface area contributed by atoms with Gasteiger partial charge in [0.2, 0.25) is 11.9 Å². The Balaban J connectivity index is 2.31. The number of hydrogen-bond donors (Lipinski definition) is 1. The van der Waals surface area contributed by atoms with Crippen LogP contribution in [0.4, 0.5) is 11.9 Å². The van der Waals surface area contributed by atoms with Gasteiger partial charge in [-0.15, -0.1) is 0 Å². The highest BCUT2D eigenvalue weighted by Gasteiger charge is 2.04. The molecule has 0 spiro atoms. The van der Waals surface area contributed by atoms with Gasteiger partial charge in [0.15, 0.2) is 0 Å². The monoisotopic (exact) mass is 231 g/mol. The van der Waals surface area contributed by atoms with Gasteiger partial charge in [-0.25, -0.2) is 9.97 Å². The smallest absolute Gasteiger partial charge is 0.233 e. The first-order valence-corrected chi connectivity index (χ1v) is 5.18. The molecule has 0 saturated heterocycles. The molecule has 17 heavy (non-hydrogen) atoms. The van der Waals surface area contributed by atoms with Crippen LogP contribution in [0.15, 0.2) is 0 Å². The molecule has 2 rings (SSSR count). The summed E-state index contributed by atoms with van der Waals surface area (Å²) in [4.78, 5) is 24.8. The van der Waals surface area contributed by atoms with Crippen LogP contribution in [-0.2, 0) is 0 Å². The number of nitrogens with one attached hydrogen (secondary N) is 1. The lowest BCUT2D eigenvalue weighted by atomic mass is 10.6. The van der Waals surface area contributed by atoms with E-state index in [1.165, 1.54) is 0 Å². The van der Waals surface area contributed by atoms with Gasteiger partial charge in [0.05, 0.1) is 0 Å². The molecule has 0 aliphatic carbocycles. The van der Waals surface area contributed by atoms with E-state index in [2.05, 4.69) is 35.2 Å². The predicted molar refractivity (Wildman–Crippen MR) is 61.9 cm³/mol. The molecule has 0 atom stereocenters. The molecule has 0 aliphatic heterocycles. The third kappa shape index (κ3) is 2.90. The summed E-state index contributed by atoms with van der Waals surface area (Å²) in [6, 6.07) is 0. The summed E-state index contributed by atoms with van der Waals surface area (Å²) in [6.07, 6.45) is 0. The Morgan fingerprint density at radius 2 is 0.824 bits per heavy atom. The minimum atomic E-state index is 0.444. The van der Waals surface area contributed by atoms with Crippen LogP contribution in [0.5, 0.6) is 0 Å². The van der Waals surface area contributed by atoms with Crippen LogP contribution in [0.1, 0.15) is 23.3 Å². The second-order valence-electron chi connectivity index (χ2n) is 3.63. The summed E-state index contributed by atoms with van der Waals surface area (Å²) in [7, 11) is 0. The number of hydrogen-bond acceptors (Lipinski definition) is 7. The first-order chi connectivity index (χ1) is 8.02. The Bertz CT molecular complexity index is 462. The molecular formula is C10H13N7. The number of nitrogens with zero attached hydrogens (tertiary/aromatic N) is 6. The van der Waals surface area contributed by atoms with E-state index in [4.69, 9.17) is 0 Å². The van der Waals surface area contributed by atoms with Crippen molar-refractivity contribution >= 4 is 11.9 Å². The van der Waals surface area contributed by atoms with Crippen molar-refractivity contribution in [2.24, 2.45) is 0 Å². The number of anilines is 2. The molecule has 7 nitrogen and oxygen atoms in total. The highest BCUT2D eigenvalue weighted by molar-refractivity contribution is 5.41. The maximum absolute atomic E-state index is 4.15. The van der Waals surface area contributed by atoms with Crippen LogP contribution in [0, 0.1) is 27.7 Å². The molecule has 0 saturated carbocycles. The Labute approximate surface area is 98.8 Å². The lowest BCUT2D eigenvalue weighted by Crippen LogP contribution is -2.07. The van der Waals surface area contributed by atoms with Gasteiger partial charge < -0.3 is 0 Å². The summed E-state index contributed by atoms with van der Waals surface area (Å²) in [5, 5.41) is 2.94. The fourth-order valence-electron chi connectivity index (χ4n) is 1.44. The van der Waals surface area contributed by atoms with Crippen LogP contribution >= 0.6 is 0 Å². The van der Waals surface area contributed by atoms with Crippen molar-refractivity contribution in [2.45, 2.75) is 27.7 Å². The van der Waals surface area contributed by atoms with E-state index in [1.807, 2.05) is 27.7 Å². The minimum absolute atomic E-state index is 0.444. The minimum Gasteiger partial charge on any atom is -0.292 e. The van der Waals surface area contributed by atoms with E-state index >= 15 is 0 Å². The molecule has 2 aromatic heterocycles. The summed E-state index contributed by atoms with van der Waals surface area (Å²) < 4.78 is 0. The van der Waals surface area contributed by atoms with Crippen LogP contribution in [0.25, 0.3) is 0 Å². The quantitative estimate of drug-likeness (QED) is 0.825. The highest BCUT2D eigenvalue weighted by atomic mass is 15.2. The van der Waals surface area contributed by atoms with Crippen molar-refractivity contribution in [1.29, 1.82) is 0 Å². The van der Waals surface area contributed by atoms with Crippen LogP contribution in [-0.4, -0.2) is 29.9 Å². The van der Waals surface area contributed by atoms with Gasteiger partial charge in [-0.3, -0.25) is 5.32 Å². The molecule has 1 N–H and O–H groups in total. The van der Waals surface area contributed by atoms with Gasteiger partial charge in [-0.1, -0.05) is 0 Å². The second kappa shape index (κ2) is 4.36. The zero-order valence-corrected chi connectivity index (χ0v) is 10.2. The lowest BCUT2D eigenvalue weighted by molar-refractivity contribution is 0.901. The van der Waals surface area contributed by atoms with Gasteiger partial charge in [0.1, 0.15) is 23.3 Å². The zero-order valence-electron chi connectivity index (χ0n) is 10.2. The van der Waals surface area contributed by atoms with Crippen molar-refractivity contribution in [3.8, 4) is 0 Å². The first kappa shape index (κ1) is 11.3. The zero-order chi connectivity index (χ0) is 12.4. The molecule has 2 heterocycles. The number of aryl methyl sites for hydroxylation is 4. The summed E-state index contributed by atoms with van der Waals surface area (Å²) in [5.74, 6) is 3.51. The summed E-state index contributed by atoms with van der Waals surface area (Å²) >= 11 is 0. The van der Waals surface area contributed by atoms with Crippen LogP contribution in [0.2, 0.25) is 0 Å². The van der Waals surface area contributed by atoms with Crippen molar-refractivity contribution in [1.82, 2.24) is 29.9 Å². The van der Waals surface area contributed by atoms with Gasteiger partial charge in [0.25, 0.3) is 0 Å². The Hall–Kier alpha value is -2.18. The second-order valence-corrected chi connectivity index (χ2v) is 3.63. The molecule has 0 aromatic carbocycles. The fraction of sp³-hybridized carbons (Fsp3) is 0.400. The predicted octanol–water partition coefficient (Wildman–Crippen LogP) is 1.03. The van der Waals surface area contributed by atoms with E-state index in [0.29, 0.717) is 35.2 Å². The maximum Gasteiger partial charge on any atom is 0.233 e. The molecule has 2 aromatic rings. The van der Waals surface area contributed by atoms with E-state index in [0.717, 1.165) is 0 Å². The molecular weight excluding hydrogens is 218 g/mol. The third-order valence-corrected chi connectivity index (χ3v) is 1.94. The van der Waals surface area contributed by atoms with E-state index in [9.17, 15) is 0 Å². The number of rotatable bonds is 2. The average Bonchev–Trinajstić information content (AvgIpc) is 2.13. The largest absolute Gasteiger partial charge is 0.292 e. The molecule has 0 bridgehead atoms. The Kier molecular flexibility index (Phi) is 2.90. The highest BCUT2D eigenvalue weighted by Crippen LogP contribution is 2.07. The molecule has 0 unspecified atom stereocenters. The summed E-state index contributed by atoms with van der Waals surface area (Å²) in [5.41, 5.74) is 0.